The van der Waals surface area contributed by atoms with Gasteiger partial charge in [-0.2, -0.15) is 0 Å². The Morgan fingerprint density at radius 3 is 2.55 bits per heavy atom. The van der Waals surface area contributed by atoms with Crippen LogP contribution < -0.4 is 10.1 Å². The van der Waals surface area contributed by atoms with Gasteiger partial charge < -0.3 is 10.1 Å². The van der Waals surface area contributed by atoms with E-state index in [0.717, 1.165) is 23.6 Å². The van der Waals surface area contributed by atoms with Crippen LogP contribution in [0.2, 0.25) is 0 Å². The number of ether oxygens (including phenoxy) is 1. The fraction of sp³-hybridized carbons (Fsp3) is 0.467. The van der Waals surface area contributed by atoms with E-state index >= 15 is 0 Å². The van der Waals surface area contributed by atoms with Gasteiger partial charge in [0.25, 0.3) is 0 Å². The average molecular weight is 291 g/mol. The van der Waals surface area contributed by atoms with Crippen LogP contribution in [-0.4, -0.2) is 23.2 Å². The second-order valence-corrected chi connectivity index (χ2v) is 5.68. The van der Waals surface area contributed by atoms with Crippen molar-refractivity contribution < 1.29 is 4.74 Å². The topological polar surface area (TPSA) is 47.0 Å². The van der Waals surface area contributed by atoms with E-state index in [1.807, 2.05) is 6.92 Å². The second-order valence-electron chi connectivity index (χ2n) is 4.89. The van der Waals surface area contributed by atoms with E-state index < -0.39 is 0 Å². The first-order valence-corrected chi connectivity index (χ1v) is 7.53. The van der Waals surface area contributed by atoms with Gasteiger partial charge in [0.1, 0.15) is 5.75 Å². The smallest absolute Gasteiger partial charge is 0.122 e. The highest BCUT2D eigenvalue weighted by Crippen LogP contribution is 2.32. The Kier molecular flexibility index (Phi) is 4.73. The predicted molar refractivity (Wildman–Crippen MR) is 82.6 cm³/mol. The van der Waals surface area contributed by atoms with Crippen LogP contribution in [0.1, 0.15) is 40.2 Å². The molecule has 0 bridgehead atoms. The van der Waals surface area contributed by atoms with Gasteiger partial charge >= 0.3 is 0 Å². The number of aromatic nitrogens is 2. The normalized spacial score (nSPS) is 12.4. The van der Waals surface area contributed by atoms with Gasteiger partial charge in [-0.15, -0.1) is 5.10 Å². The summed E-state index contributed by atoms with van der Waals surface area (Å²) in [4.78, 5) is 1.18. The third-order valence-corrected chi connectivity index (χ3v) is 4.34. The Bertz CT molecular complexity index is 595. The van der Waals surface area contributed by atoms with Crippen molar-refractivity contribution in [3.8, 4) is 5.75 Å². The van der Waals surface area contributed by atoms with E-state index in [-0.39, 0.29) is 6.04 Å². The lowest BCUT2D eigenvalue weighted by Crippen LogP contribution is -2.22. The molecule has 108 valence electrons. The number of aryl methyl sites for hydroxylation is 3. The van der Waals surface area contributed by atoms with Crippen molar-refractivity contribution in [2.24, 2.45) is 0 Å². The maximum atomic E-state index is 5.39. The summed E-state index contributed by atoms with van der Waals surface area (Å²) in [5, 5.41) is 7.67. The van der Waals surface area contributed by atoms with E-state index in [2.05, 4.69) is 47.8 Å². The molecule has 2 aromatic rings. The highest BCUT2D eigenvalue weighted by Gasteiger charge is 2.21. The molecule has 5 heteroatoms. The number of nitrogens with zero attached hydrogens (tertiary/aromatic N) is 2. The number of benzene rings is 1. The van der Waals surface area contributed by atoms with E-state index in [1.54, 1.807) is 7.11 Å². The number of nitrogens with one attached hydrogen (secondary N) is 1. The minimum absolute atomic E-state index is 0.143. The zero-order chi connectivity index (χ0) is 14.7. The van der Waals surface area contributed by atoms with Crippen LogP contribution in [0, 0.1) is 20.8 Å². The molecule has 20 heavy (non-hydrogen) atoms. The minimum Gasteiger partial charge on any atom is -0.496 e. The summed E-state index contributed by atoms with van der Waals surface area (Å²) >= 11 is 1.46. The van der Waals surface area contributed by atoms with Gasteiger partial charge in [-0.3, -0.25) is 0 Å². The van der Waals surface area contributed by atoms with Crippen LogP contribution in [0.15, 0.2) is 12.1 Å². The average Bonchev–Trinajstić information content (AvgIpc) is 2.84. The summed E-state index contributed by atoms with van der Waals surface area (Å²) < 4.78 is 9.46. The van der Waals surface area contributed by atoms with Gasteiger partial charge in [0.15, 0.2) is 0 Å². The highest BCUT2D eigenvalue weighted by atomic mass is 32.1. The number of rotatable bonds is 5. The Balaban J connectivity index is 2.50. The van der Waals surface area contributed by atoms with Crippen molar-refractivity contribution in [1.29, 1.82) is 0 Å². The van der Waals surface area contributed by atoms with Crippen molar-refractivity contribution in [2.45, 2.75) is 33.7 Å². The second kappa shape index (κ2) is 6.33. The Hall–Kier alpha value is -1.46. The van der Waals surface area contributed by atoms with Crippen LogP contribution in [0.3, 0.4) is 0 Å². The summed E-state index contributed by atoms with van der Waals surface area (Å²) in [6.07, 6.45) is 0. The molecular weight excluding hydrogens is 270 g/mol. The lowest BCUT2D eigenvalue weighted by atomic mass is 9.96. The maximum absolute atomic E-state index is 5.39. The first-order chi connectivity index (χ1) is 9.58. The van der Waals surface area contributed by atoms with Gasteiger partial charge in [-0.25, -0.2) is 0 Å². The molecule has 0 aliphatic heterocycles. The van der Waals surface area contributed by atoms with Crippen LogP contribution in [0.5, 0.6) is 5.75 Å². The molecule has 1 aromatic carbocycles. The summed E-state index contributed by atoms with van der Waals surface area (Å²) in [5.74, 6) is 0.931. The monoisotopic (exact) mass is 291 g/mol. The van der Waals surface area contributed by atoms with Crippen molar-refractivity contribution in [2.75, 3.05) is 13.7 Å². The molecule has 0 amide bonds. The van der Waals surface area contributed by atoms with Crippen LogP contribution in [0.4, 0.5) is 0 Å². The van der Waals surface area contributed by atoms with Crippen molar-refractivity contribution in [3.05, 3.63) is 39.4 Å². The lowest BCUT2D eigenvalue weighted by Gasteiger charge is -2.21. The molecule has 1 heterocycles. The Labute approximate surface area is 124 Å². The molecule has 1 atom stereocenters. The summed E-state index contributed by atoms with van der Waals surface area (Å²) in [6, 6.07) is 4.43. The van der Waals surface area contributed by atoms with E-state index in [0.29, 0.717) is 0 Å². The molecule has 1 aromatic heterocycles. The van der Waals surface area contributed by atoms with Crippen LogP contribution in [0.25, 0.3) is 0 Å². The first kappa shape index (κ1) is 14.9. The van der Waals surface area contributed by atoms with Gasteiger partial charge in [-0.1, -0.05) is 17.5 Å². The molecule has 4 nitrogen and oxygen atoms in total. The summed E-state index contributed by atoms with van der Waals surface area (Å²) in [7, 11) is 1.71. The predicted octanol–water partition coefficient (Wildman–Crippen LogP) is 3.17. The first-order valence-electron chi connectivity index (χ1n) is 6.75. The lowest BCUT2D eigenvalue weighted by molar-refractivity contribution is 0.411. The van der Waals surface area contributed by atoms with Gasteiger partial charge in [0, 0.05) is 0 Å². The molecule has 0 spiro atoms. The fourth-order valence-electron chi connectivity index (χ4n) is 2.39. The standard InChI is InChI=1S/C15H21N3OS/c1-6-16-14(15-11(4)17-18-20-15)12-7-10(3)13(19-5)8-9(12)2/h7-8,14,16H,6H2,1-5H3. The number of methoxy groups -OCH3 is 1. The van der Waals surface area contributed by atoms with Crippen molar-refractivity contribution in [3.63, 3.8) is 0 Å². The molecule has 0 aliphatic rings. The zero-order valence-electron chi connectivity index (χ0n) is 12.7. The number of hydrogen-bond donors (Lipinski definition) is 1. The summed E-state index contributed by atoms with van der Waals surface area (Å²) in [5.41, 5.74) is 4.62. The SMILES string of the molecule is CCNC(c1cc(C)c(OC)cc1C)c1snnc1C. The molecular formula is C15H21N3OS. The molecule has 0 aliphatic carbocycles. The third-order valence-electron chi connectivity index (χ3n) is 3.45. The van der Waals surface area contributed by atoms with Gasteiger partial charge in [0.2, 0.25) is 0 Å². The van der Waals surface area contributed by atoms with Crippen LogP contribution in [-0.2, 0) is 0 Å². The molecule has 1 unspecified atom stereocenters. The van der Waals surface area contributed by atoms with E-state index in [4.69, 9.17) is 4.74 Å². The largest absolute Gasteiger partial charge is 0.496 e. The fourth-order valence-corrected chi connectivity index (χ4v) is 3.13. The van der Waals surface area contributed by atoms with E-state index in [1.165, 1.54) is 27.5 Å². The maximum Gasteiger partial charge on any atom is 0.122 e. The zero-order valence-corrected chi connectivity index (χ0v) is 13.5. The Morgan fingerprint density at radius 2 is 2.00 bits per heavy atom. The molecule has 0 saturated carbocycles. The number of hydrogen-bond acceptors (Lipinski definition) is 5. The highest BCUT2D eigenvalue weighted by molar-refractivity contribution is 7.05. The van der Waals surface area contributed by atoms with Crippen LogP contribution >= 0.6 is 11.5 Å². The van der Waals surface area contributed by atoms with Crippen molar-refractivity contribution >= 4 is 11.5 Å². The quantitative estimate of drug-likeness (QED) is 0.919. The molecule has 2 rings (SSSR count). The minimum atomic E-state index is 0.143. The summed E-state index contributed by atoms with van der Waals surface area (Å²) in [6.45, 7) is 9.21. The molecule has 0 fully saturated rings. The van der Waals surface area contributed by atoms with E-state index in [9.17, 15) is 0 Å². The molecule has 1 N–H and O–H groups in total. The molecule has 0 saturated heterocycles. The third kappa shape index (κ3) is 2.83. The van der Waals surface area contributed by atoms with Gasteiger partial charge in [0.05, 0.1) is 23.7 Å². The molecule has 0 radical (unpaired) electrons. The van der Waals surface area contributed by atoms with Crippen molar-refractivity contribution in [1.82, 2.24) is 14.9 Å². The van der Waals surface area contributed by atoms with Gasteiger partial charge in [-0.05, 0) is 61.6 Å². The Morgan fingerprint density at radius 1 is 1.25 bits per heavy atom.